The molecule has 1 amide bonds. The van der Waals surface area contributed by atoms with Gasteiger partial charge < -0.3 is 15.1 Å². The van der Waals surface area contributed by atoms with Gasteiger partial charge >= 0.3 is 0 Å². The molecule has 1 heterocycles. The van der Waals surface area contributed by atoms with Crippen molar-refractivity contribution < 1.29 is 4.79 Å². The molecule has 2 aromatic carbocycles. The third-order valence-corrected chi connectivity index (χ3v) is 5.12. The van der Waals surface area contributed by atoms with Crippen LogP contribution in [0.5, 0.6) is 0 Å². The van der Waals surface area contributed by atoms with Crippen molar-refractivity contribution in [1.29, 1.82) is 0 Å². The summed E-state index contributed by atoms with van der Waals surface area (Å²) >= 11 is 11.5. The Morgan fingerprint density at radius 2 is 1.85 bits per heavy atom. The van der Waals surface area contributed by atoms with E-state index in [1.165, 1.54) is 0 Å². The van der Waals surface area contributed by atoms with Crippen molar-refractivity contribution >= 4 is 40.5 Å². The van der Waals surface area contributed by atoms with Gasteiger partial charge in [0.25, 0.3) is 0 Å². The molecule has 0 aromatic heterocycles. The molecule has 1 unspecified atom stereocenters. The van der Waals surface area contributed by atoms with Crippen LogP contribution in [0.4, 0.5) is 5.69 Å². The van der Waals surface area contributed by atoms with E-state index in [1.807, 2.05) is 59.5 Å². The molecule has 1 fully saturated rings. The first-order chi connectivity index (χ1) is 12.5. The van der Waals surface area contributed by atoms with Crippen molar-refractivity contribution in [2.45, 2.75) is 19.4 Å². The molecule has 6 heteroatoms. The molecule has 1 atom stereocenters. The van der Waals surface area contributed by atoms with Gasteiger partial charge in [-0.25, -0.2) is 0 Å². The van der Waals surface area contributed by atoms with Crippen molar-refractivity contribution in [2.24, 2.45) is 0 Å². The molecule has 0 radical (unpaired) electrons. The lowest BCUT2D eigenvalue weighted by molar-refractivity contribution is -0.132. The van der Waals surface area contributed by atoms with Crippen molar-refractivity contribution in [3.63, 3.8) is 0 Å². The summed E-state index contributed by atoms with van der Waals surface area (Å²) in [6, 6.07) is 17.5. The molecule has 1 saturated heterocycles. The van der Waals surface area contributed by atoms with Gasteiger partial charge in [-0.3, -0.25) is 4.79 Å². The maximum Gasteiger partial charge on any atom is 0.227 e. The minimum atomic E-state index is 0.163. The molecule has 0 aliphatic carbocycles. The van der Waals surface area contributed by atoms with Crippen LogP contribution in [0, 0.1) is 0 Å². The highest BCUT2D eigenvalue weighted by Crippen LogP contribution is 2.17. The number of piperazine rings is 1. The van der Waals surface area contributed by atoms with E-state index < -0.39 is 0 Å². The largest absolute Gasteiger partial charge is 0.343 e. The highest BCUT2D eigenvalue weighted by atomic mass is 35.5. The normalized spacial score (nSPS) is 17.1. The van der Waals surface area contributed by atoms with Gasteiger partial charge in [-0.15, -0.1) is 0 Å². The Kier molecular flexibility index (Phi) is 6.12. The molecule has 1 aliphatic heterocycles. The Bertz CT molecular complexity index is 766. The number of carbonyl (C=O) groups is 1. The number of nitrogens with one attached hydrogen (secondary N) is 1. The molecule has 0 bridgehead atoms. The summed E-state index contributed by atoms with van der Waals surface area (Å²) in [7, 11) is 0. The molecule has 3 rings (SSSR count). The summed E-state index contributed by atoms with van der Waals surface area (Å²) in [4.78, 5) is 16.6. The topological polar surface area (TPSA) is 35.6 Å². The second-order valence-corrected chi connectivity index (χ2v) is 7.30. The maximum absolute atomic E-state index is 12.6. The average Bonchev–Trinajstić information content (AvgIpc) is 2.64. The fraction of sp³-hybridized carbons (Fsp3) is 0.300. The molecule has 2 aromatic rings. The van der Waals surface area contributed by atoms with Gasteiger partial charge in [0.05, 0.1) is 6.42 Å². The summed E-state index contributed by atoms with van der Waals surface area (Å²) in [6.45, 7) is 4.17. The van der Waals surface area contributed by atoms with E-state index in [0.717, 1.165) is 17.8 Å². The first kappa shape index (κ1) is 18.7. The Balaban J connectivity index is 1.55. The number of rotatable bonds is 3. The predicted octanol–water partition coefficient (Wildman–Crippen LogP) is 3.81. The van der Waals surface area contributed by atoms with Crippen molar-refractivity contribution in [3.05, 3.63) is 65.2 Å². The van der Waals surface area contributed by atoms with E-state index >= 15 is 0 Å². The zero-order chi connectivity index (χ0) is 18.5. The Hall–Kier alpha value is -2.11. The number of hydrogen-bond donors (Lipinski definition) is 1. The van der Waals surface area contributed by atoms with Crippen LogP contribution in [0.15, 0.2) is 54.6 Å². The number of thiocarbonyl (C=S) groups is 1. The van der Waals surface area contributed by atoms with Crippen LogP contribution in [0.2, 0.25) is 5.02 Å². The Morgan fingerprint density at radius 3 is 2.50 bits per heavy atom. The van der Waals surface area contributed by atoms with Crippen LogP contribution in [0.3, 0.4) is 0 Å². The van der Waals surface area contributed by atoms with E-state index in [4.69, 9.17) is 23.8 Å². The van der Waals surface area contributed by atoms with E-state index in [1.54, 1.807) is 0 Å². The van der Waals surface area contributed by atoms with Crippen LogP contribution in [-0.2, 0) is 11.2 Å². The molecular weight excluding hydrogens is 366 g/mol. The maximum atomic E-state index is 12.6. The van der Waals surface area contributed by atoms with Crippen LogP contribution in [-0.4, -0.2) is 46.5 Å². The van der Waals surface area contributed by atoms with Gasteiger partial charge in [-0.1, -0.05) is 41.9 Å². The fourth-order valence-corrected chi connectivity index (χ4v) is 3.61. The van der Waals surface area contributed by atoms with Crippen LogP contribution in [0.25, 0.3) is 0 Å². The van der Waals surface area contributed by atoms with E-state index in [0.29, 0.717) is 29.6 Å². The first-order valence-corrected chi connectivity index (χ1v) is 9.46. The number of benzene rings is 2. The zero-order valence-corrected chi connectivity index (χ0v) is 16.3. The number of hydrogen-bond acceptors (Lipinski definition) is 2. The van der Waals surface area contributed by atoms with Crippen LogP contribution < -0.4 is 5.32 Å². The number of amides is 1. The van der Waals surface area contributed by atoms with Gasteiger partial charge in [-0.05, 0) is 49.0 Å². The molecule has 0 saturated carbocycles. The lowest BCUT2D eigenvalue weighted by atomic mass is 10.1. The molecule has 4 nitrogen and oxygen atoms in total. The van der Waals surface area contributed by atoms with Crippen LogP contribution >= 0.6 is 23.8 Å². The molecular formula is C20H22ClN3OS. The fourth-order valence-electron chi connectivity index (χ4n) is 3.10. The Morgan fingerprint density at radius 1 is 1.15 bits per heavy atom. The van der Waals surface area contributed by atoms with Gasteiger partial charge in [0, 0.05) is 36.4 Å². The summed E-state index contributed by atoms with van der Waals surface area (Å²) in [5, 5.41) is 4.62. The van der Waals surface area contributed by atoms with Gasteiger partial charge in [0.1, 0.15) is 0 Å². The summed E-state index contributed by atoms with van der Waals surface area (Å²) in [5.41, 5.74) is 1.96. The summed E-state index contributed by atoms with van der Waals surface area (Å²) in [6.07, 6.45) is 0.445. The van der Waals surface area contributed by atoms with E-state index in [9.17, 15) is 4.79 Å². The monoisotopic (exact) mass is 387 g/mol. The van der Waals surface area contributed by atoms with Gasteiger partial charge in [0.15, 0.2) is 5.11 Å². The third-order valence-electron chi connectivity index (χ3n) is 4.53. The van der Waals surface area contributed by atoms with Crippen molar-refractivity contribution in [3.8, 4) is 0 Å². The predicted molar refractivity (Wildman–Crippen MR) is 111 cm³/mol. The molecule has 136 valence electrons. The van der Waals surface area contributed by atoms with Crippen molar-refractivity contribution in [1.82, 2.24) is 9.80 Å². The zero-order valence-electron chi connectivity index (χ0n) is 14.7. The second-order valence-electron chi connectivity index (χ2n) is 6.48. The van der Waals surface area contributed by atoms with Gasteiger partial charge in [0.2, 0.25) is 5.91 Å². The minimum absolute atomic E-state index is 0.163. The Labute approximate surface area is 164 Å². The quantitative estimate of drug-likeness (QED) is 0.812. The van der Waals surface area contributed by atoms with E-state index in [-0.39, 0.29) is 11.9 Å². The minimum Gasteiger partial charge on any atom is -0.343 e. The third kappa shape index (κ3) is 4.74. The van der Waals surface area contributed by atoms with Gasteiger partial charge in [-0.2, -0.15) is 0 Å². The highest BCUT2D eigenvalue weighted by Gasteiger charge is 2.28. The molecule has 0 spiro atoms. The van der Waals surface area contributed by atoms with Crippen LogP contribution in [0.1, 0.15) is 12.5 Å². The highest BCUT2D eigenvalue weighted by molar-refractivity contribution is 7.80. The lowest BCUT2D eigenvalue weighted by Gasteiger charge is -2.41. The lowest BCUT2D eigenvalue weighted by Crippen LogP contribution is -2.56. The van der Waals surface area contributed by atoms with E-state index in [2.05, 4.69) is 17.1 Å². The first-order valence-electron chi connectivity index (χ1n) is 8.68. The molecule has 1 N–H and O–H groups in total. The second kappa shape index (κ2) is 8.52. The molecule has 1 aliphatic rings. The van der Waals surface area contributed by atoms with Crippen molar-refractivity contribution in [2.75, 3.05) is 25.0 Å². The molecule has 26 heavy (non-hydrogen) atoms. The summed E-state index contributed by atoms with van der Waals surface area (Å²) in [5.74, 6) is 0.166. The average molecular weight is 388 g/mol. The summed E-state index contributed by atoms with van der Waals surface area (Å²) < 4.78 is 0. The number of nitrogens with zero attached hydrogens (tertiary/aromatic N) is 2. The SMILES string of the molecule is CC1CN(C(=O)Cc2ccccc2)CCN1C(=S)Nc1ccc(Cl)cc1. The number of anilines is 1. The standard InChI is InChI=1S/C20H22ClN3OS/c1-15-14-23(19(25)13-16-5-3-2-4-6-16)11-12-24(15)20(26)22-18-9-7-17(21)8-10-18/h2-10,15H,11-14H2,1H3,(H,22,26). The number of halogens is 1. The smallest absolute Gasteiger partial charge is 0.227 e. The number of carbonyl (C=O) groups excluding carboxylic acids is 1.